The fourth-order valence-electron chi connectivity index (χ4n) is 3.36. The van der Waals surface area contributed by atoms with E-state index < -0.39 is 10.1 Å². The summed E-state index contributed by atoms with van der Waals surface area (Å²) >= 11 is 0. The molecule has 0 aromatic heterocycles. The summed E-state index contributed by atoms with van der Waals surface area (Å²) in [7, 11) is -3.57. The lowest BCUT2D eigenvalue weighted by atomic mass is 10.00. The zero-order valence-electron chi connectivity index (χ0n) is 18.2. The first kappa shape index (κ1) is 25.8. The molecule has 166 valence electrons. The standard InChI is InChI=1S/C18H30O3S.C6H10O/c1-2-3-4-5-6-7-8-9-10-14-17-21-22(19,20)18-15-12-11-13-16-18;7-6-4-2-1-3-5-6/h11-13,15-16H,2-10,14,17H2,1H3;1-5H2. The van der Waals surface area contributed by atoms with Crippen molar-refractivity contribution in [2.24, 2.45) is 0 Å². The van der Waals surface area contributed by atoms with Gasteiger partial charge in [0.1, 0.15) is 5.78 Å². The van der Waals surface area contributed by atoms with E-state index in [1.165, 1.54) is 57.8 Å². The first-order valence-electron chi connectivity index (χ1n) is 11.5. The van der Waals surface area contributed by atoms with Crippen molar-refractivity contribution in [3.8, 4) is 0 Å². The van der Waals surface area contributed by atoms with Crippen LogP contribution in [-0.2, 0) is 19.1 Å². The highest BCUT2D eigenvalue weighted by Gasteiger charge is 2.13. The van der Waals surface area contributed by atoms with E-state index in [1.54, 1.807) is 30.3 Å². The van der Waals surface area contributed by atoms with E-state index in [0.717, 1.165) is 38.5 Å². The third kappa shape index (κ3) is 13.6. The third-order valence-electron chi connectivity index (χ3n) is 5.18. The molecule has 0 unspecified atom stereocenters. The Labute approximate surface area is 178 Å². The summed E-state index contributed by atoms with van der Waals surface area (Å²) in [4.78, 5) is 10.7. The Morgan fingerprint density at radius 3 is 1.76 bits per heavy atom. The molecule has 1 aliphatic rings. The van der Waals surface area contributed by atoms with Crippen LogP contribution in [0.4, 0.5) is 0 Å². The second-order valence-electron chi connectivity index (χ2n) is 7.87. The van der Waals surface area contributed by atoms with Crippen LogP contribution < -0.4 is 0 Å². The fraction of sp³-hybridized carbons (Fsp3) is 0.708. The van der Waals surface area contributed by atoms with Crippen LogP contribution in [0.2, 0.25) is 0 Å². The van der Waals surface area contributed by atoms with Gasteiger partial charge in [-0.2, -0.15) is 8.42 Å². The molecule has 0 N–H and O–H groups in total. The molecule has 1 aromatic carbocycles. The Bertz CT molecular complexity index is 618. The number of carbonyl (C=O) groups excluding carboxylic acids is 1. The lowest BCUT2D eigenvalue weighted by Crippen LogP contribution is -2.07. The first-order valence-corrected chi connectivity index (χ1v) is 12.9. The fourth-order valence-corrected chi connectivity index (χ4v) is 4.32. The number of benzene rings is 1. The van der Waals surface area contributed by atoms with E-state index in [1.807, 2.05) is 0 Å². The highest BCUT2D eigenvalue weighted by molar-refractivity contribution is 7.86. The van der Waals surface area contributed by atoms with Crippen molar-refractivity contribution in [2.75, 3.05) is 6.61 Å². The first-order chi connectivity index (χ1) is 14.1. The van der Waals surface area contributed by atoms with Gasteiger partial charge in [-0.15, -0.1) is 0 Å². The van der Waals surface area contributed by atoms with E-state index in [-0.39, 0.29) is 11.5 Å². The minimum atomic E-state index is -3.57. The van der Waals surface area contributed by atoms with Gasteiger partial charge in [0.25, 0.3) is 10.1 Å². The van der Waals surface area contributed by atoms with Gasteiger partial charge in [0, 0.05) is 12.8 Å². The van der Waals surface area contributed by atoms with E-state index in [0.29, 0.717) is 5.78 Å². The van der Waals surface area contributed by atoms with Gasteiger partial charge in [-0.05, 0) is 31.4 Å². The van der Waals surface area contributed by atoms with Crippen LogP contribution in [0.25, 0.3) is 0 Å². The summed E-state index contributed by atoms with van der Waals surface area (Å²) in [5.41, 5.74) is 0. The SMILES string of the molecule is CCCCCCCCCCCCOS(=O)(=O)c1ccccc1.O=C1CCCCC1. The molecule has 1 saturated carbocycles. The number of ketones is 1. The van der Waals surface area contributed by atoms with Crippen LogP contribution in [-0.4, -0.2) is 20.8 Å². The maximum Gasteiger partial charge on any atom is 0.296 e. The van der Waals surface area contributed by atoms with Crippen LogP contribution in [0, 0.1) is 0 Å². The predicted molar refractivity (Wildman–Crippen MR) is 120 cm³/mol. The molecule has 0 radical (unpaired) electrons. The van der Waals surface area contributed by atoms with Crippen molar-refractivity contribution in [3.05, 3.63) is 30.3 Å². The average molecular weight is 425 g/mol. The van der Waals surface area contributed by atoms with Crippen molar-refractivity contribution >= 4 is 15.9 Å². The zero-order valence-corrected chi connectivity index (χ0v) is 19.1. The van der Waals surface area contributed by atoms with Crippen LogP contribution >= 0.6 is 0 Å². The largest absolute Gasteiger partial charge is 0.300 e. The van der Waals surface area contributed by atoms with Crippen LogP contribution in [0.1, 0.15) is 103 Å². The molecular weight excluding hydrogens is 384 g/mol. The van der Waals surface area contributed by atoms with Gasteiger partial charge in [0.2, 0.25) is 0 Å². The van der Waals surface area contributed by atoms with Gasteiger partial charge < -0.3 is 0 Å². The van der Waals surface area contributed by atoms with Crippen molar-refractivity contribution in [2.45, 2.75) is 108 Å². The van der Waals surface area contributed by atoms with Crippen LogP contribution in [0.3, 0.4) is 0 Å². The normalized spacial score (nSPS) is 14.3. The molecule has 0 aliphatic heterocycles. The highest BCUT2D eigenvalue weighted by Crippen LogP contribution is 2.14. The van der Waals surface area contributed by atoms with Gasteiger partial charge in [-0.1, -0.05) is 89.3 Å². The lowest BCUT2D eigenvalue weighted by molar-refractivity contribution is -0.120. The zero-order chi connectivity index (χ0) is 21.2. The Kier molecular flexibility index (Phi) is 14.8. The lowest BCUT2D eigenvalue weighted by Gasteiger charge is -2.05. The Morgan fingerprint density at radius 2 is 1.28 bits per heavy atom. The number of carbonyl (C=O) groups is 1. The Morgan fingerprint density at radius 1 is 0.759 bits per heavy atom. The quantitative estimate of drug-likeness (QED) is 0.257. The molecule has 0 spiro atoms. The van der Waals surface area contributed by atoms with Crippen molar-refractivity contribution in [3.63, 3.8) is 0 Å². The molecule has 1 aliphatic carbocycles. The molecule has 0 amide bonds. The number of Topliss-reactive ketones (excluding diaryl/α,β-unsaturated/α-hetero) is 1. The third-order valence-corrected chi connectivity index (χ3v) is 6.51. The van der Waals surface area contributed by atoms with Crippen molar-refractivity contribution in [1.29, 1.82) is 0 Å². The van der Waals surface area contributed by atoms with Crippen LogP contribution in [0.15, 0.2) is 35.2 Å². The van der Waals surface area contributed by atoms with E-state index in [9.17, 15) is 13.2 Å². The van der Waals surface area contributed by atoms with E-state index in [4.69, 9.17) is 4.18 Å². The molecule has 0 heterocycles. The Hall–Kier alpha value is -1.20. The van der Waals surface area contributed by atoms with Gasteiger partial charge in [0.15, 0.2) is 0 Å². The molecule has 29 heavy (non-hydrogen) atoms. The van der Waals surface area contributed by atoms with Gasteiger partial charge in [0.05, 0.1) is 11.5 Å². The second-order valence-corrected chi connectivity index (χ2v) is 9.49. The second kappa shape index (κ2) is 16.6. The number of unbranched alkanes of at least 4 members (excludes halogenated alkanes) is 9. The summed E-state index contributed by atoms with van der Waals surface area (Å²) < 4.78 is 28.8. The van der Waals surface area contributed by atoms with Gasteiger partial charge >= 0.3 is 0 Å². The maximum atomic E-state index is 11.9. The summed E-state index contributed by atoms with van der Waals surface area (Å²) in [6.07, 6.45) is 17.5. The van der Waals surface area contributed by atoms with Gasteiger partial charge in [-0.25, -0.2) is 0 Å². The summed E-state index contributed by atoms with van der Waals surface area (Å²) in [5.74, 6) is 0.464. The molecule has 0 saturated heterocycles. The summed E-state index contributed by atoms with van der Waals surface area (Å²) in [6.45, 7) is 2.52. The minimum Gasteiger partial charge on any atom is -0.300 e. The average Bonchev–Trinajstić information content (AvgIpc) is 2.74. The maximum absolute atomic E-state index is 11.9. The minimum absolute atomic E-state index is 0.238. The van der Waals surface area contributed by atoms with Crippen molar-refractivity contribution < 1.29 is 17.4 Å². The number of hydrogen-bond donors (Lipinski definition) is 0. The van der Waals surface area contributed by atoms with E-state index in [2.05, 4.69) is 6.92 Å². The summed E-state index contributed by atoms with van der Waals surface area (Å²) in [5, 5.41) is 0. The predicted octanol–water partition coefficient (Wildman–Crippen LogP) is 6.83. The van der Waals surface area contributed by atoms with Crippen molar-refractivity contribution in [1.82, 2.24) is 0 Å². The molecule has 5 heteroatoms. The molecular formula is C24H40O4S. The van der Waals surface area contributed by atoms with Gasteiger partial charge in [-0.3, -0.25) is 8.98 Å². The van der Waals surface area contributed by atoms with E-state index >= 15 is 0 Å². The van der Waals surface area contributed by atoms with Crippen LogP contribution in [0.5, 0.6) is 0 Å². The highest BCUT2D eigenvalue weighted by atomic mass is 32.2. The molecule has 0 bridgehead atoms. The smallest absolute Gasteiger partial charge is 0.296 e. The molecule has 0 atom stereocenters. The monoisotopic (exact) mass is 424 g/mol. The molecule has 1 aromatic rings. The molecule has 1 fully saturated rings. The molecule has 4 nitrogen and oxygen atoms in total. The summed E-state index contributed by atoms with van der Waals surface area (Å²) in [6, 6.07) is 8.33. The topological polar surface area (TPSA) is 60.4 Å². The molecule has 2 rings (SSSR count). The number of hydrogen-bond acceptors (Lipinski definition) is 4. The number of rotatable bonds is 13. The Balaban J connectivity index is 0.000000502.